The van der Waals surface area contributed by atoms with E-state index >= 15 is 0 Å². The van der Waals surface area contributed by atoms with Gasteiger partial charge in [-0.3, -0.25) is 0 Å². The summed E-state index contributed by atoms with van der Waals surface area (Å²) >= 11 is 0. The molecule has 1 aliphatic heterocycles. The molecule has 0 amide bonds. The van der Waals surface area contributed by atoms with E-state index in [1.807, 2.05) is 0 Å². The van der Waals surface area contributed by atoms with E-state index in [-0.39, 0.29) is 0 Å². The molecular formula is C13H24O2. The van der Waals surface area contributed by atoms with E-state index in [0.29, 0.717) is 6.10 Å². The first-order chi connectivity index (χ1) is 7.27. The second-order valence-electron chi connectivity index (χ2n) is 4.42. The average molecular weight is 212 g/mol. The van der Waals surface area contributed by atoms with Gasteiger partial charge in [-0.1, -0.05) is 25.5 Å². The Balaban J connectivity index is 2.19. The van der Waals surface area contributed by atoms with Crippen LogP contribution in [-0.4, -0.2) is 26.4 Å². The third kappa shape index (κ3) is 4.35. The molecule has 0 spiro atoms. The number of ether oxygens (including phenoxy) is 2. The summed E-state index contributed by atoms with van der Waals surface area (Å²) in [5.41, 5.74) is 1.32. The maximum Gasteiger partial charge on any atom is 0.0640 e. The molecule has 0 saturated carbocycles. The Morgan fingerprint density at radius 2 is 2.33 bits per heavy atom. The second-order valence-corrected chi connectivity index (χ2v) is 4.42. The maximum atomic E-state index is 5.74. The number of hydrogen-bond acceptors (Lipinski definition) is 2. The van der Waals surface area contributed by atoms with E-state index in [4.69, 9.17) is 9.47 Å². The molecule has 1 rings (SSSR count). The van der Waals surface area contributed by atoms with E-state index < -0.39 is 0 Å². The fraction of sp³-hybridized carbons (Fsp3) is 0.846. The van der Waals surface area contributed by atoms with Crippen LogP contribution in [0.4, 0.5) is 0 Å². The van der Waals surface area contributed by atoms with Gasteiger partial charge >= 0.3 is 0 Å². The Morgan fingerprint density at radius 3 is 3.00 bits per heavy atom. The molecule has 15 heavy (non-hydrogen) atoms. The van der Waals surface area contributed by atoms with Crippen molar-refractivity contribution in [1.29, 1.82) is 0 Å². The summed E-state index contributed by atoms with van der Waals surface area (Å²) in [5, 5.41) is 0. The molecule has 0 N–H and O–H groups in total. The minimum Gasteiger partial charge on any atom is -0.385 e. The lowest BCUT2D eigenvalue weighted by atomic mass is 9.93. The molecule has 88 valence electrons. The zero-order chi connectivity index (χ0) is 11.1. The Bertz CT molecular complexity index is 189. The van der Waals surface area contributed by atoms with Crippen LogP contribution in [-0.2, 0) is 9.47 Å². The maximum absolute atomic E-state index is 5.74. The van der Waals surface area contributed by atoms with Crippen LogP contribution >= 0.6 is 0 Å². The topological polar surface area (TPSA) is 18.5 Å². The molecule has 0 bridgehead atoms. The Labute approximate surface area is 93.7 Å². The van der Waals surface area contributed by atoms with Crippen molar-refractivity contribution >= 4 is 0 Å². The lowest BCUT2D eigenvalue weighted by Crippen LogP contribution is -2.15. The first-order valence-corrected chi connectivity index (χ1v) is 6.05. The molecule has 1 heterocycles. The summed E-state index contributed by atoms with van der Waals surface area (Å²) in [6, 6.07) is 0. The van der Waals surface area contributed by atoms with Gasteiger partial charge in [0.25, 0.3) is 0 Å². The minimum atomic E-state index is 0.435. The first kappa shape index (κ1) is 12.7. The molecule has 0 aromatic rings. The summed E-state index contributed by atoms with van der Waals surface area (Å²) in [7, 11) is 1.75. The molecule has 1 fully saturated rings. The predicted octanol–water partition coefficient (Wildman–Crippen LogP) is 3.17. The molecule has 2 atom stereocenters. The van der Waals surface area contributed by atoms with Crippen LogP contribution in [0.25, 0.3) is 0 Å². The van der Waals surface area contributed by atoms with Crippen LogP contribution in [0.15, 0.2) is 12.2 Å². The van der Waals surface area contributed by atoms with E-state index in [9.17, 15) is 0 Å². The van der Waals surface area contributed by atoms with E-state index in [1.165, 1.54) is 18.4 Å². The lowest BCUT2D eigenvalue weighted by Gasteiger charge is -2.18. The third-order valence-electron chi connectivity index (χ3n) is 3.24. The molecule has 1 saturated heterocycles. The Kier molecular flexibility index (Phi) is 5.96. The minimum absolute atomic E-state index is 0.435. The van der Waals surface area contributed by atoms with Crippen LogP contribution in [0.3, 0.4) is 0 Å². The molecule has 2 unspecified atom stereocenters. The van der Waals surface area contributed by atoms with Crippen molar-refractivity contribution in [2.45, 2.75) is 45.1 Å². The van der Waals surface area contributed by atoms with E-state index in [1.54, 1.807) is 7.11 Å². The SMILES string of the molecule is C=C(CCCOC)CC1OCCC1CC. The zero-order valence-electron chi connectivity index (χ0n) is 10.1. The monoisotopic (exact) mass is 212 g/mol. The first-order valence-electron chi connectivity index (χ1n) is 6.05. The largest absolute Gasteiger partial charge is 0.385 e. The zero-order valence-corrected chi connectivity index (χ0v) is 10.1. The van der Waals surface area contributed by atoms with Crippen LogP contribution in [0, 0.1) is 5.92 Å². The quantitative estimate of drug-likeness (QED) is 0.476. The smallest absolute Gasteiger partial charge is 0.0640 e. The van der Waals surface area contributed by atoms with Crippen molar-refractivity contribution in [3.8, 4) is 0 Å². The summed E-state index contributed by atoms with van der Waals surface area (Å²) in [5.74, 6) is 0.754. The van der Waals surface area contributed by atoms with Gasteiger partial charge < -0.3 is 9.47 Å². The highest BCUT2D eigenvalue weighted by atomic mass is 16.5. The molecule has 0 aromatic carbocycles. The summed E-state index contributed by atoms with van der Waals surface area (Å²) in [6.07, 6.45) is 6.10. The van der Waals surface area contributed by atoms with Gasteiger partial charge in [-0.15, -0.1) is 0 Å². The standard InChI is InChI=1S/C13H24O2/c1-4-12-7-9-15-13(12)10-11(2)6-5-8-14-3/h12-13H,2,4-10H2,1,3H3. The van der Waals surface area contributed by atoms with E-state index in [2.05, 4.69) is 13.5 Å². The van der Waals surface area contributed by atoms with Crippen molar-refractivity contribution < 1.29 is 9.47 Å². The van der Waals surface area contributed by atoms with Crippen LogP contribution < -0.4 is 0 Å². The van der Waals surface area contributed by atoms with Gasteiger partial charge in [0.2, 0.25) is 0 Å². The molecule has 1 aliphatic rings. The third-order valence-corrected chi connectivity index (χ3v) is 3.24. The second kappa shape index (κ2) is 7.02. The summed E-state index contributed by atoms with van der Waals surface area (Å²) in [4.78, 5) is 0. The van der Waals surface area contributed by atoms with Gasteiger partial charge in [-0.25, -0.2) is 0 Å². The van der Waals surface area contributed by atoms with Crippen LogP contribution in [0.2, 0.25) is 0 Å². The molecule has 0 aromatic heterocycles. The van der Waals surface area contributed by atoms with E-state index in [0.717, 1.165) is 38.4 Å². The molecular weight excluding hydrogens is 188 g/mol. The van der Waals surface area contributed by atoms with Crippen LogP contribution in [0.1, 0.15) is 39.0 Å². The highest BCUT2D eigenvalue weighted by molar-refractivity contribution is 4.98. The average Bonchev–Trinajstić information content (AvgIpc) is 2.65. The highest BCUT2D eigenvalue weighted by Gasteiger charge is 2.26. The fourth-order valence-corrected chi connectivity index (χ4v) is 2.24. The van der Waals surface area contributed by atoms with Gasteiger partial charge in [-0.2, -0.15) is 0 Å². The molecule has 0 radical (unpaired) electrons. The van der Waals surface area contributed by atoms with Crippen molar-refractivity contribution in [3.05, 3.63) is 12.2 Å². The van der Waals surface area contributed by atoms with Gasteiger partial charge in [0.15, 0.2) is 0 Å². The summed E-state index contributed by atoms with van der Waals surface area (Å²) in [6.45, 7) is 8.15. The van der Waals surface area contributed by atoms with Crippen molar-refractivity contribution in [3.63, 3.8) is 0 Å². The normalized spacial score (nSPS) is 25.7. The number of methoxy groups -OCH3 is 1. The lowest BCUT2D eigenvalue weighted by molar-refractivity contribution is 0.0890. The highest BCUT2D eigenvalue weighted by Crippen LogP contribution is 2.29. The van der Waals surface area contributed by atoms with Crippen molar-refractivity contribution in [2.75, 3.05) is 20.3 Å². The van der Waals surface area contributed by atoms with Crippen LogP contribution in [0.5, 0.6) is 0 Å². The summed E-state index contributed by atoms with van der Waals surface area (Å²) < 4.78 is 10.8. The van der Waals surface area contributed by atoms with Crippen molar-refractivity contribution in [1.82, 2.24) is 0 Å². The fourth-order valence-electron chi connectivity index (χ4n) is 2.24. The van der Waals surface area contributed by atoms with Gasteiger partial charge in [-0.05, 0) is 31.6 Å². The molecule has 2 nitrogen and oxygen atoms in total. The number of rotatable bonds is 7. The molecule has 0 aliphatic carbocycles. The number of hydrogen-bond donors (Lipinski definition) is 0. The molecule has 2 heteroatoms. The van der Waals surface area contributed by atoms with Gasteiger partial charge in [0.1, 0.15) is 0 Å². The Morgan fingerprint density at radius 1 is 1.53 bits per heavy atom. The van der Waals surface area contributed by atoms with Gasteiger partial charge in [0.05, 0.1) is 6.10 Å². The predicted molar refractivity (Wildman–Crippen MR) is 63.0 cm³/mol. The van der Waals surface area contributed by atoms with Crippen molar-refractivity contribution in [2.24, 2.45) is 5.92 Å². The Hall–Kier alpha value is -0.340. The van der Waals surface area contributed by atoms with Gasteiger partial charge in [0, 0.05) is 20.3 Å².